The molecule has 0 bridgehead atoms. The molecule has 0 aliphatic carbocycles. The molecule has 0 aliphatic heterocycles. The van der Waals surface area contributed by atoms with Crippen molar-refractivity contribution < 1.29 is 13.2 Å². The number of hydrogen-bond acceptors (Lipinski definition) is 5. The van der Waals surface area contributed by atoms with Crippen LogP contribution in [0.5, 0.6) is 0 Å². The predicted molar refractivity (Wildman–Crippen MR) is 81.0 cm³/mol. The van der Waals surface area contributed by atoms with Gasteiger partial charge in [0.2, 0.25) is 5.91 Å². The van der Waals surface area contributed by atoms with Crippen LogP contribution < -0.4 is 5.73 Å². The van der Waals surface area contributed by atoms with Gasteiger partial charge < -0.3 is 10.6 Å². The lowest BCUT2D eigenvalue weighted by Gasteiger charge is -2.19. The van der Waals surface area contributed by atoms with Gasteiger partial charge in [-0.15, -0.1) is 11.3 Å². The number of rotatable bonds is 4. The van der Waals surface area contributed by atoms with Gasteiger partial charge >= 0.3 is 0 Å². The molecule has 1 atom stereocenters. The molecular formula is C13H18N2O3S2. The van der Waals surface area contributed by atoms with E-state index >= 15 is 0 Å². The van der Waals surface area contributed by atoms with Crippen molar-refractivity contribution in [3.8, 4) is 11.8 Å². The lowest BCUT2D eigenvalue weighted by Crippen LogP contribution is -2.38. The molecule has 20 heavy (non-hydrogen) atoms. The zero-order valence-electron chi connectivity index (χ0n) is 11.7. The Kier molecular flexibility index (Phi) is 5.74. The molecule has 1 aromatic rings. The minimum absolute atomic E-state index is 0.303. The van der Waals surface area contributed by atoms with Crippen LogP contribution in [-0.2, 0) is 21.2 Å². The third-order valence-electron chi connectivity index (χ3n) is 2.75. The Morgan fingerprint density at radius 2 is 2.20 bits per heavy atom. The third-order valence-corrected chi connectivity index (χ3v) is 5.13. The number of hydrogen-bond donors (Lipinski definition) is 1. The molecule has 0 aliphatic rings. The Balaban J connectivity index is 2.73. The molecule has 2 N–H and O–H groups in total. The molecule has 1 heterocycles. The van der Waals surface area contributed by atoms with Gasteiger partial charge in [0, 0.05) is 19.8 Å². The summed E-state index contributed by atoms with van der Waals surface area (Å²) in [6.45, 7) is 2.07. The van der Waals surface area contributed by atoms with Gasteiger partial charge in [-0.2, -0.15) is 0 Å². The summed E-state index contributed by atoms with van der Waals surface area (Å²) in [4.78, 5) is 14.3. The summed E-state index contributed by atoms with van der Waals surface area (Å²) in [6, 6.07) is 1.88. The van der Waals surface area contributed by atoms with E-state index in [2.05, 4.69) is 11.8 Å². The first-order chi connectivity index (χ1) is 9.25. The van der Waals surface area contributed by atoms with Gasteiger partial charge in [0.25, 0.3) is 0 Å². The van der Waals surface area contributed by atoms with Crippen LogP contribution in [0.25, 0.3) is 0 Å². The molecule has 1 unspecified atom stereocenters. The topological polar surface area (TPSA) is 80.5 Å². The molecule has 0 spiro atoms. The highest BCUT2D eigenvalue weighted by atomic mass is 32.2. The Morgan fingerprint density at radius 1 is 1.55 bits per heavy atom. The number of carbonyl (C=O) groups excluding carboxylic acids is 1. The van der Waals surface area contributed by atoms with E-state index in [0.717, 1.165) is 16.7 Å². The summed E-state index contributed by atoms with van der Waals surface area (Å²) in [5, 5.41) is 0.873. The van der Waals surface area contributed by atoms with Crippen LogP contribution in [0.1, 0.15) is 17.4 Å². The summed E-state index contributed by atoms with van der Waals surface area (Å²) in [5.74, 6) is 5.27. The maximum Gasteiger partial charge on any atom is 0.240 e. The maximum atomic E-state index is 12.0. The van der Waals surface area contributed by atoms with Gasteiger partial charge in [-0.3, -0.25) is 4.79 Å². The van der Waals surface area contributed by atoms with Gasteiger partial charge in [-0.05, 0) is 23.9 Å². The molecule has 5 nitrogen and oxygen atoms in total. The molecule has 1 amide bonds. The van der Waals surface area contributed by atoms with Crippen LogP contribution >= 0.6 is 11.3 Å². The number of nitrogens with two attached hydrogens (primary N) is 1. The largest absolute Gasteiger partial charge is 0.340 e. The summed E-state index contributed by atoms with van der Waals surface area (Å²) in [7, 11) is -1.78. The lowest BCUT2D eigenvalue weighted by molar-refractivity contribution is -0.129. The molecule has 0 radical (unpaired) electrons. The Morgan fingerprint density at radius 3 is 2.75 bits per heavy atom. The lowest BCUT2D eigenvalue weighted by atomic mass is 10.2. The van der Waals surface area contributed by atoms with Crippen LogP contribution in [-0.4, -0.2) is 44.3 Å². The molecule has 0 aromatic carbocycles. The highest BCUT2D eigenvalue weighted by Crippen LogP contribution is 2.16. The minimum Gasteiger partial charge on any atom is -0.340 e. The molecule has 0 saturated heterocycles. The molecule has 110 valence electrons. The second-order valence-electron chi connectivity index (χ2n) is 4.49. The first kappa shape index (κ1) is 16.7. The van der Waals surface area contributed by atoms with Crippen LogP contribution in [0.4, 0.5) is 0 Å². The minimum atomic E-state index is -3.37. The van der Waals surface area contributed by atoms with E-state index in [4.69, 9.17) is 5.73 Å². The predicted octanol–water partition coefficient (Wildman–Crippen LogP) is 0.450. The van der Waals surface area contributed by atoms with E-state index in [1.54, 1.807) is 7.05 Å². The van der Waals surface area contributed by atoms with Crippen molar-refractivity contribution in [1.29, 1.82) is 0 Å². The molecule has 7 heteroatoms. The number of thiophene rings is 1. The van der Waals surface area contributed by atoms with E-state index in [9.17, 15) is 13.2 Å². The Bertz CT molecular complexity index is 638. The molecule has 1 rings (SSSR count). The van der Waals surface area contributed by atoms with Gasteiger partial charge in [0.1, 0.15) is 5.25 Å². The first-order valence-corrected chi connectivity index (χ1v) is 8.79. The quantitative estimate of drug-likeness (QED) is 0.818. The zero-order chi connectivity index (χ0) is 15.3. The van der Waals surface area contributed by atoms with Gasteiger partial charge in [0.05, 0.1) is 11.4 Å². The fourth-order valence-electron chi connectivity index (χ4n) is 1.51. The summed E-state index contributed by atoms with van der Waals surface area (Å²) in [6.07, 6.45) is 1.06. The number of amides is 1. The van der Waals surface area contributed by atoms with Gasteiger partial charge in [-0.1, -0.05) is 11.8 Å². The SMILES string of the molecule is CC(C(=O)N(C)Cc1csc(C#CCN)c1)S(C)(=O)=O. The maximum absolute atomic E-state index is 12.0. The van der Waals surface area contributed by atoms with Crippen molar-refractivity contribution in [2.45, 2.75) is 18.7 Å². The van der Waals surface area contributed by atoms with Crippen LogP contribution in [0.15, 0.2) is 11.4 Å². The van der Waals surface area contributed by atoms with E-state index < -0.39 is 21.0 Å². The zero-order valence-corrected chi connectivity index (χ0v) is 13.3. The van der Waals surface area contributed by atoms with E-state index in [0.29, 0.717) is 13.1 Å². The standard InChI is InChI=1S/C13H18N2O3S2/c1-10(20(3,17)18)13(16)15(2)8-11-7-12(19-9-11)5-4-6-14/h7,9-10H,6,8,14H2,1-3H3. The van der Waals surface area contributed by atoms with E-state index in [1.807, 2.05) is 11.4 Å². The summed E-state index contributed by atoms with van der Waals surface area (Å²) in [5.41, 5.74) is 6.22. The van der Waals surface area contributed by atoms with Gasteiger partial charge in [0.15, 0.2) is 9.84 Å². The fourth-order valence-corrected chi connectivity index (χ4v) is 2.83. The van der Waals surface area contributed by atoms with Crippen LogP contribution in [0.3, 0.4) is 0 Å². The number of nitrogens with zero attached hydrogens (tertiary/aromatic N) is 1. The second kappa shape index (κ2) is 6.88. The molecular weight excluding hydrogens is 296 g/mol. The monoisotopic (exact) mass is 314 g/mol. The van der Waals surface area contributed by atoms with Crippen molar-refractivity contribution in [3.05, 3.63) is 21.9 Å². The number of sulfone groups is 1. The first-order valence-electron chi connectivity index (χ1n) is 5.96. The fraction of sp³-hybridized carbons (Fsp3) is 0.462. The van der Waals surface area contributed by atoms with Crippen molar-refractivity contribution in [2.24, 2.45) is 5.73 Å². The highest BCUT2D eigenvalue weighted by Gasteiger charge is 2.26. The van der Waals surface area contributed by atoms with Crippen LogP contribution in [0.2, 0.25) is 0 Å². The second-order valence-corrected chi connectivity index (χ2v) is 7.77. The average molecular weight is 314 g/mol. The molecule has 1 aromatic heterocycles. The van der Waals surface area contributed by atoms with Crippen molar-refractivity contribution in [3.63, 3.8) is 0 Å². The average Bonchev–Trinajstić information content (AvgIpc) is 2.80. The molecule has 0 saturated carbocycles. The van der Waals surface area contributed by atoms with Gasteiger partial charge in [-0.25, -0.2) is 8.42 Å². The number of carbonyl (C=O) groups is 1. The van der Waals surface area contributed by atoms with Crippen molar-refractivity contribution in [1.82, 2.24) is 4.90 Å². The highest BCUT2D eigenvalue weighted by molar-refractivity contribution is 7.92. The normalized spacial score (nSPS) is 12.4. The van der Waals surface area contributed by atoms with E-state index in [-0.39, 0.29) is 0 Å². The Hall–Kier alpha value is -1.36. The Labute approximate surface area is 123 Å². The smallest absolute Gasteiger partial charge is 0.240 e. The third kappa shape index (κ3) is 4.63. The van der Waals surface area contributed by atoms with Crippen molar-refractivity contribution in [2.75, 3.05) is 19.8 Å². The molecule has 0 fully saturated rings. The van der Waals surface area contributed by atoms with Crippen molar-refractivity contribution >= 4 is 27.1 Å². The summed E-state index contributed by atoms with van der Waals surface area (Å²) >= 11 is 1.47. The summed E-state index contributed by atoms with van der Waals surface area (Å²) < 4.78 is 22.8. The van der Waals surface area contributed by atoms with Crippen LogP contribution in [0, 0.1) is 11.8 Å². The van der Waals surface area contributed by atoms with E-state index in [1.165, 1.54) is 23.2 Å².